The van der Waals surface area contributed by atoms with E-state index in [4.69, 9.17) is 5.73 Å². The minimum absolute atomic E-state index is 0.196. The van der Waals surface area contributed by atoms with E-state index in [-0.39, 0.29) is 11.2 Å². The van der Waals surface area contributed by atoms with Crippen molar-refractivity contribution in [3.05, 3.63) is 0 Å². The lowest BCUT2D eigenvalue weighted by Gasteiger charge is -2.26. The van der Waals surface area contributed by atoms with Gasteiger partial charge in [0, 0.05) is 26.2 Å². The third kappa shape index (κ3) is 6.08. The molecule has 1 atom stereocenters. The molecule has 1 saturated heterocycles. The molecule has 20 heavy (non-hydrogen) atoms. The Hall–Kier alpha value is -0.170. The number of nitrogens with two attached hydrogens (primary N) is 1. The largest absolute Gasteiger partial charge is 0.330 e. The summed E-state index contributed by atoms with van der Waals surface area (Å²) in [5.41, 5.74) is 5.47. The molecule has 1 rings (SSSR count). The fourth-order valence-electron chi connectivity index (χ4n) is 2.56. The van der Waals surface area contributed by atoms with Gasteiger partial charge >= 0.3 is 0 Å². The van der Waals surface area contributed by atoms with Gasteiger partial charge in [-0.15, -0.1) is 0 Å². The quantitative estimate of drug-likeness (QED) is 0.822. The summed E-state index contributed by atoms with van der Waals surface area (Å²) in [5.74, 6) is 0.687. The first kappa shape index (κ1) is 17.9. The second-order valence-corrected chi connectivity index (χ2v) is 9.18. The zero-order valence-electron chi connectivity index (χ0n) is 13.4. The van der Waals surface area contributed by atoms with Crippen LogP contribution in [0.15, 0.2) is 0 Å². The number of hydrogen-bond acceptors (Lipinski definition) is 4. The number of rotatable bonds is 5. The number of sulfonamides is 1. The van der Waals surface area contributed by atoms with Gasteiger partial charge in [-0.05, 0) is 30.8 Å². The highest BCUT2D eigenvalue weighted by molar-refractivity contribution is 7.89. The summed E-state index contributed by atoms with van der Waals surface area (Å²) >= 11 is 0. The zero-order chi connectivity index (χ0) is 15.4. The van der Waals surface area contributed by atoms with Gasteiger partial charge in [0.05, 0.1) is 5.75 Å². The van der Waals surface area contributed by atoms with Gasteiger partial charge < -0.3 is 10.6 Å². The summed E-state index contributed by atoms with van der Waals surface area (Å²) in [6, 6.07) is 0. The van der Waals surface area contributed by atoms with Crippen molar-refractivity contribution < 1.29 is 8.42 Å². The van der Waals surface area contributed by atoms with Crippen LogP contribution in [0.4, 0.5) is 0 Å². The van der Waals surface area contributed by atoms with E-state index in [1.807, 2.05) is 20.8 Å². The molecule has 0 spiro atoms. The van der Waals surface area contributed by atoms with Gasteiger partial charge in [-0.1, -0.05) is 27.7 Å². The second kappa shape index (κ2) is 7.20. The highest BCUT2D eigenvalue weighted by atomic mass is 32.2. The molecule has 1 aliphatic heterocycles. The van der Waals surface area contributed by atoms with Gasteiger partial charge in [-0.2, -0.15) is 0 Å². The summed E-state index contributed by atoms with van der Waals surface area (Å²) in [4.78, 5) is 2.34. The average Bonchev–Trinajstić information content (AvgIpc) is 2.51. The van der Waals surface area contributed by atoms with Crippen molar-refractivity contribution in [2.45, 2.75) is 34.1 Å². The number of nitrogens with zero attached hydrogens (tertiary/aromatic N) is 2. The molecule has 0 radical (unpaired) electrons. The lowest BCUT2D eigenvalue weighted by Crippen LogP contribution is -2.40. The maximum absolute atomic E-state index is 12.4. The molecule has 5 nitrogen and oxygen atoms in total. The van der Waals surface area contributed by atoms with E-state index in [0.717, 1.165) is 26.1 Å². The minimum Gasteiger partial charge on any atom is -0.330 e. The van der Waals surface area contributed by atoms with Crippen LogP contribution in [-0.2, 0) is 10.0 Å². The van der Waals surface area contributed by atoms with E-state index >= 15 is 0 Å². The van der Waals surface area contributed by atoms with Crippen LogP contribution in [0, 0.1) is 11.3 Å². The van der Waals surface area contributed by atoms with Crippen LogP contribution in [0.3, 0.4) is 0 Å². The Balaban J connectivity index is 2.59. The lowest BCUT2D eigenvalue weighted by atomic mass is 10.0. The van der Waals surface area contributed by atoms with Crippen LogP contribution in [0.5, 0.6) is 0 Å². The summed E-state index contributed by atoms with van der Waals surface area (Å²) in [6.07, 6.45) is 0.903. The van der Waals surface area contributed by atoms with Gasteiger partial charge in [0.1, 0.15) is 0 Å². The molecule has 2 N–H and O–H groups in total. The van der Waals surface area contributed by atoms with Crippen LogP contribution >= 0.6 is 0 Å². The topological polar surface area (TPSA) is 66.6 Å². The maximum Gasteiger partial charge on any atom is 0.214 e. The molecule has 0 aromatic heterocycles. The molecule has 0 aromatic carbocycles. The standard InChI is InChI=1S/C14H31N3O2S/c1-13(10-15)11-16-6-5-7-17(9-8-16)20(18,19)12-14(2,3)4/h13H,5-12,15H2,1-4H3. The first-order valence-electron chi connectivity index (χ1n) is 7.54. The van der Waals surface area contributed by atoms with E-state index < -0.39 is 10.0 Å². The zero-order valence-corrected chi connectivity index (χ0v) is 14.2. The minimum atomic E-state index is -3.14. The average molecular weight is 305 g/mol. The molecule has 0 aromatic rings. The third-order valence-corrected chi connectivity index (χ3v) is 5.91. The molecule has 0 amide bonds. The van der Waals surface area contributed by atoms with Crippen LogP contribution in [-0.4, -0.2) is 62.6 Å². The van der Waals surface area contributed by atoms with Crippen molar-refractivity contribution in [3.63, 3.8) is 0 Å². The molecule has 1 fully saturated rings. The third-order valence-electron chi connectivity index (χ3n) is 3.53. The van der Waals surface area contributed by atoms with Gasteiger partial charge in [-0.3, -0.25) is 0 Å². The SMILES string of the molecule is CC(CN)CN1CCCN(S(=O)(=O)CC(C)(C)C)CC1. The number of hydrogen-bond donors (Lipinski definition) is 1. The summed E-state index contributed by atoms with van der Waals surface area (Å²) in [7, 11) is -3.14. The van der Waals surface area contributed by atoms with Crippen molar-refractivity contribution in [3.8, 4) is 0 Å². The highest BCUT2D eigenvalue weighted by Gasteiger charge is 2.29. The fraction of sp³-hybridized carbons (Fsp3) is 1.00. The van der Waals surface area contributed by atoms with Crippen LogP contribution in [0.1, 0.15) is 34.1 Å². The predicted octanol–water partition coefficient (Wildman–Crippen LogP) is 0.965. The molecule has 0 saturated carbocycles. The van der Waals surface area contributed by atoms with E-state index in [9.17, 15) is 8.42 Å². The Labute approximate surface area is 124 Å². The van der Waals surface area contributed by atoms with Gasteiger partial charge in [0.15, 0.2) is 0 Å². The second-order valence-electron chi connectivity index (χ2n) is 7.21. The Morgan fingerprint density at radius 2 is 1.80 bits per heavy atom. The van der Waals surface area contributed by atoms with Crippen molar-refractivity contribution in [1.82, 2.24) is 9.21 Å². The van der Waals surface area contributed by atoms with Crippen molar-refractivity contribution in [1.29, 1.82) is 0 Å². The van der Waals surface area contributed by atoms with E-state index in [1.54, 1.807) is 4.31 Å². The Morgan fingerprint density at radius 3 is 2.35 bits per heavy atom. The Kier molecular flexibility index (Phi) is 6.44. The van der Waals surface area contributed by atoms with E-state index in [2.05, 4.69) is 11.8 Å². The predicted molar refractivity (Wildman–Crippen MR) is 84.1 cm³/mol. The van der Waals surface area contributed by atoms with Crippen LogP contribution in [0.2, 0.25) is 0 Å². The van der Waals surface area contributed by atoms with Gasteiger partial charge in [-0.25, -0.2) is 12.7 Å². The molecule has 1 unspecified atom stereocenters. The molecule has 0 bridgehead atoms. The fourth-order valence-corrected chi connectivity index (χ4v) is 4.61. The molecule has 6 heteroatoms. The van der Waals surface area contributed by atoms with Crippen molar-refractivity contribution >= 4 is 10.0 Å². The monoisotopic (exact) mass is 305 g/mol. The molecule has 120 valence electrons. The maximum atomic E-state index is 12.4. The molecular weight excluding hydrogens is 274 g/mol. The van der Waals surface area contributed by atoms with Gasteiger partial charge in [0.25, 0.3) is 0 Å². The molecule has 0 aliphatic carbocycles. The van der Waals surface area contributed by atoms with Crippen molar-refractivity contribution in [2.75, 3.05) is 45.0 Å². The molecule has 1 heterocycles. The molecular formula is C14H31N3O2S. The van der Waals surface area contributed by atoms with E-state index in [1.165, 1.54) is 0 Å². The smallest absolute Gasteiger partial charge is 0.214 e. The highest BCUT2D eigenvalue weighted by Crippen LogP contribution is 2.20. The lowest BCUT2D eigenvalue weighted by molar-refractivity contribution is 0.250. The Bertz CT molecular complexity index is 390. The van der Waals surface area contributed by atoms with E-state index in [0.29, 0.717) is 25.6 Å². The molecule has 1 aliphatic rings. The summed E-state index contributed by atoms with van der Waals surface area (Å²) in [6.45, 7) is 12.7. The summed E-state index contributed by atoms with van der Waals surface area (Å²) in [5, 5.41) is 0. The van der Waals surface area contributed by atoms with Crippen LogP contribution < -0.4 is 5.73 Å². The van der Waals surface area contributed by atoms with Crippen molar-refractivity contribution in [2.24, 2.45) is 17.1 Å². The Morgan fingerprint density at radius 1 is 1.15 bits per heavy atom. The first-order chi connectivity index (χ1) is 9.14. The first-order valence-corrected chi connectivity index (χ1v) is 9.15. The summed E-state index contributed by atoms with van der Waals surface area (Å²) < 4.78 is 26.5. The normalized spacial score (nSPS) is 21.6. The van der Waals surface area contributed by atoms with Crippen LogP contribution in [0.25, 0.3) is 0 Å². The van der Waals surface area contributed by atoms with Gasteiger partial charge in [0.2, 0.25) is 10.0 Å².